The minimum atomic E-state index is -0.607. The molecule has 1 saturated heterocycles. The molecule has 86 valence electrons. The Labute approximate surface area is 99.6 Å². The Bertz CT molecular complexity index is 408. The van der Waals surface area contributed by atoms with Gasteiger partial charge in [0.15, 0.2) is 0 Å². The predicted molar refractivity (Wildman–Crippen MR) is 63.7 cm³/mol. The maximum atomic E-state index is 11.9. The van der Waals surface area contributed by atoms with Gasteiger partial charge in [-0.15, -0.1) is 11.6 Å². The first-order valence-electron chi connectivity index (χ1n) is 5.27. The average molecular weight is 240 g/mol. The lowest BCUT2D eigenvalue weighted by molar-refractivity contribution is -0.117. The SMILES string of the molecule is Cc1ccccc1N1C[C@H](CO)[C@H](Cl)C1=O. The molecule has 1 amide bonds. The van der Waals surface area contributed by atoms with E-state index < -0.39 is 5.38 Å². The number of aryl methyl sites for hydroxylation is 1. The highest BCUT2D eigenvalue weighted by atomic mass is 35.5. The van der Waals surface area contributed by atoms with Gasteiger partial charge < -0.3 is 10.0 Å². The van der Waals surface area contributed by atoms with Gasteiger partial charge in [0.05, 0.1) is 0 Å². The normalized spacial score (nSPS) is 25.2. The summed E-state index contributed by atoms with van der Waals surface area (Å²) in [5.41, 5.74) is 1.92. The number of carbonyl (C=O) groups excluding carboxylic acids is 1. The molecule has 4 heteroatoms. The number of anilines is 1. The molecule has 0 bridgehead atoms. The van der Waals surface area contributed by atoms with Crippen molar-refractivity contribution in [2.24, 2.45) is 5.92 Å². The lowest BCUT2D eigenvalue weighted by Gasteiger charge is -2.18. The summed E-state index contributed by atoms with van der Waals surface area (Å²) in [5, 5.41) is 8.52. The summed E-state index contributed by atoms with van der Waals surface area (Å²) < 4.78 is 0. The van der Waals surface area contributed by atoms with Crippen LogP contribution in [0.4, 0.5) is 5.69 Å². The van der Waals surface area contributed by atoms with E-state index in [2.05, 4.69) is 0 Å². The van der Waals surface area contributed by atoms with E-state index in [1.807, 2.05) is 31.2 Å². The minimum absolute atomic E-state index is 0.0533. The number of hydrogen-bond acceptors (Lipinski definition) is 2. The maximum Gasteiger partial charge on any atom is 0.245 e. The van der Waals surface area contributed by atoms with Crippen LogP contribution >= 0.6 is 11.6 Å². The van der Waals surface area contributed by atoms with Crippen molar-refractivity contribution < 1.29 is 9.90 Å². The van der Waals surface area contributed by atoms with Crippen LogP contribution in [-0.4, -0.2) is 29.5 Å². The first-order chi connectivity index (χ1) is 7.65. The molecule has 1 heterocycles. The monoisotopic (exact) mass is 239 g/mol. The van der Waals surface area contributed by atoms with E-state index in [0.717, 1.165) is 11.3 Å². The zero-order valence-corrected chi connectivity index (χ0v) is 9.81. The number of amides is 1. The Morgan fingerprint density at radius 3 is 2.75 bits per heavy atom. The van der Waals surface area contributed by atoms with Crippen LogP contribution in [0.1, 0.15) is 5.56 Å². The van der Waals surface area contributed by atoms with Crippen molar-refractivity contribution in [3.63, 3.8) is 0 Å². The summed E-state index contributed by atoms with van der Waals surface area (Å²) in [5.74, 6) is -0.288. The highest BCUT2D eigenvalue weighted by Gasteiger charge is 2.39. The smallest absolute Gasteiger partial charge is 0.245 e. The number of carbonyl (C=O) groups is 1. The molecular weight excluding hydrogens is 226 g/mol. The molecule has 0 radical (unpaired) electrons. The average Bonchev–Trinajstić information content (AvgIpc) is 2.57. The van der Waals surface area contributed by atoms with Gasteiger partial charge in [-0.25, -0.2) is 0 Å². The molecule has 1 aromatic rings. The van der Waals surface area contributed by atoms with E-state index in [-0.39, 0.29) is 18.4 Å². The van der Waals surface area contributed by atoms with E-state index in [9.17, 15) is 4.79 Å². The molecule has 1 aromatic carbocycles. The second kappa shape index (κ2) is 4.44. The number of rotatable bonds is 2. The number of aliphatic hydroxyl groups excluding tert-OH is 1. The van der Waals surface area contributed by atoms with Crippen LogP contribution in [0.2, 0.25) is 0 Å². The second-order valence-corrected chi connectivity index (χ2v) is 4.55. The number of hydrogen-bond donors (Lipinski definition) is 1. The summed E-state index contributed by atoms with van der Waals surface area (Å²) in [7, 11) is 0. The molecule has 1 N–H and O–H groups in total. The summed E-state index contributed by atoms with van der Waals surface area (Å²) in [4.78, 5) is 13.6. The van der Waals surface area contributed by atoms with Crippen LogP contribution in [-0.2, 0) is 4.79 Å². The zero-order valence-electron chi connectivity index (χ0n) is 9.06. The lowest BCUT2D eigenvalue weighted by Crippen LogP contribution is -2.27. The number of para-hydroxylation sites is 1. The van der Waals surface area contributed by atoms with Gasteiger partial charge >= 0.3 is 0 Å². The molecule has 1 aliphatic heterocycles. The molecular formula is C12H14ClNO2. The van der Waals surface area contributed by atoms with Crippen LogP contribution in [0, 0.1) is 12.8 Å². The standard InChI is InChI=1S/C12H14ClNO2/c1-8-4-2-3-5-10(8)14-6-9(7-15)11(13)12(14)16/h2-5,9,11,15H,6-7H2,1H3/t9-,11+/m1/s1. The van der Waals surface area contributed by atoms with Crippen LogP contribution in [0.15, 0.2) is 24.3 Å². The van der Waals surface area contributed by atoms with Crippen molar-refractivity contribution in [2.75, 3.05) is 18.1 Å². The molecule has 2 rings (SSSR count). The molecule has 0 unspecified atom stereocenters. The fraction of sp³-hybridized carbons (Fsp3) is 0.417. The Morgan fingerprint density at radius 1 is 1.50 bits per heavy atom. The first-order valence-corrected chi connectivity index (χ1v) is 5.70. The van der Waals surface area contributed by atoms with E-state index in [0.29, 0.717) is 6.54 Å². The van der Waals surface area contributed by atoms with E-state index in [4.69, 9.17) is 16.7 Å². The van der Waals surface area contributed by atoms with Crippen molar-refractivity contribution in [1.82, 2.24) is 0 Å². The Morgan fingerprint density at radius 2 is 2.19 bits per heavy atom. The van der Waals surface area contributed by atoms with Gasteiger partial charge in [-0.05, 0) is 18.6 Å². The summed E-state index contributed by atoms with van der Waals surface area (Å²) >= 11 is 5.97. The van der Waals surface area contributed by atoms with E-state index in [1.165, 1.54) is 0 Å². The van der Waals surface area contributed by atoms with Gasteiger partial charge in [0.25, 0.3) is 0 Å². The van der Waals surface area contributed by atoms with Crippen molar-refractivity contribution >= 4 is 23.2 Å². The predicted octanol–water partition coefficient (Wildman–Crippen LogP) is 1.56. The molecule has 0 saturated carbocycles. The fourth-order valence-corrected chi connectivity index (χ4v) is 2.28. The zero-order chi connectivity index (χ0) is 11.7. The molecule has 0 aromatic heterocycles. The highest BCUT2D eigenvalue weighted by Crippen LogP contribution is 2.30. The molecule has 3 nitrogen and oxygen atoms in total. The van der Waals surface area contributed by atoms with Gasteiger partial charge in [0.1, 0.15) is 5.38 Å². The third-order valence-electron chi connectivity index (χ3n) is 2.97. The number of benzene rings is 1. The molecule has 2 atom stereocenters. The van der Waals surface area contributed by atoms with E-state index in [1.54, 1.807) is 4.90 Å². The molecule has 0 aliphatic carbocycles. The maximum absolute atomic E-state index is 11.9. The van der Waals surface area contributed by atoms with Crippen LogP contribution in [0.5, 0.6) is 0 Å². The van der Waals surface area contributed by atoms with Crippen molar-refractivity contribution in [3.05, 3.63) is 29.8 Å². The van der Waals surface area contributed by atoms with Crippen LogP contribution in [0.25, 0.3) is 0 Å². The van der Waals surface area contributed by atoms with Gasteiger partial charge in [-0.3, -0.25) is 4.79 Å². The number of halogens is 1. The summed E-state index contributed by atoms with van der Waals surface area (Å²) in [6.07, 6.45) is 0. The van der Waals surface area contributed by atoms with Gasteiger partial charge in [0, 0.05) is 24.8 Å². The van der Waals surface area contributed by atoms with Crippen molar-refractivity contribution in [2.45, 2.75) is 12.3 Å². The first kappa shape index (κ1) is 11.4. The Kier molecular flexibility index (Phi) is 3.17. The van der Waals surface area contributed by atoms with E-state index >= 15 is 0 Å². The topological polar surface area (TPSA) is 40.5 Å². The largest absolute Gasteiger partial charge is 0.396 e. The fourth-order valence-electron chi connectivity index (χ4n) is 2.00. The molecule has 1 aliphatic rings. The quantitative estimate of drug-likeness (QED) is 0.796. The minimum Gasteiger partial charge on any atom is -0.396 e. The Hall–Kier alpha value is -1.06. The van der Waals surface area contributed by atoms with Gasteiger partial charge in [-0.1, -0.05) is 18.2 Å². The lowest BCUT2D eigenvalue weighted by atomic mass is 10.1. The van der Waals surface area contributed by atoms with Crippen molar-refractivity contribution in [1.29, 1.82) is 0 Å². The van der Waals surface area contributed by atoms with Crippen molar-refractivity contribution in [3.8, 4) is 0 Å². The van der Waals surface area contributed by atoms with Gasteiger partial charge in [-0.2, -0.15) is 0 Å². The number of aliphatic hydroxyl groups is 1. The summed E-state index contributed by atoms with van der Waals surface area (Å²) in [6, 6.07) is 7.68. The second-order valence-electron chi connectivity index (χ2n) is 4.08. The highest BCUT2D eigenvalue weighted by molar-refractivity contribution is 6.34. The van der Waals surface area contributed by atoms with Crippen LogP contribution < -0.4 is 4.90 Å². The number of nitrogens with zero attached hydrogens (tertiary/aromatic N) is 1. The van der Waals surface area contributed by atoms with Gasteiger partial charge in [0.2, 0.25) is 5.91 Å². The molecule has 1 fully saturated rings. The third-order valence-corrected chi connectivity index (χ3v) is 3.52. The van der Waals surface area contributed by atoms with Crippen LogP contribution in [0.3, 0.4) is 0 Å². The Balaban J connectivity index is 2.30. The summed E-state index contributed by atoms with van der Waals surface area (Å²) in [6.45, 7) is 2.40. The molecule has 0 spiro atoms. The number of alkyl halides is 1. The third kappa shape index (κ3) is 1.81. The molecule has 16 heavy (non-hydrogen) atoms.